The van der Waals surface area contributed by atoms with Crippen molar-refractivity contribution in [1.82, 2.24) is 9.80 Å². The van der Waals surface area contributed by atoms with Crippen LogP contribution in [0.5, 0.6) is 17.2 Å². The van der Waals surface area contributed by atoms with Gasteiger partial charge in [-0.1, -0.05) is 19.1 Å². The molecule has 2 fully saturated rings. The van der Waals surface area contributed by atoms with Gasteiger partial charge in [0.2, 0.25) is 0 Å². The van der Waals surface area contributed by atoms with Crippen molar-refractivity contribution in [3.05, 3.63) is 59.2 Å². The van der Waals surface area contributed by atoms with E-state index in [1.54, 1.807) is 23.1 Å². The molecule has 0 aromatic heterocycles. The molecule has 2 saturated heterocycles. The molecule has 0 radical (unpaired) electrons. The molecule has 0 bridgehead atoms. The summed E-state index contributed by atoms with van der Waals surface area (Å²) in [5.41, 5.74) is 1.18. The van der Waals surface area contributed by atoms with Crippen LogP contribution in [-0.2, 0) is 14.3 Å². The molecule has 196 valence electrons. The highest BCUT2D eigenvalue weighted by Gasteiger charge is 2.46. The Balaban J connectivity index is 1.51. The van der Waals surface area contributed by atoms with Crippen molar-refractivity contribution in [3.63, 3.8) is 0 Å². The normalized spacial score (nSPS) is 21.3. The number of carbonyl (C=O) groups excluding carboxylic acids is 2. The van der Waals surface area contributed by atoms with E-state index in [0.717, 1.165) is 25.1 Å². The zero-order valence-corrected chi connectivity index (χ0v) is 21.0. The van der Waals surface area contributed by atoms with Gasteiger partial charge in [0.1, 0.15) is 24.7 Å². The van der Waals surface area contributed by atoms with Crippen molar-refractivity contribution in [2.24, 2.45) is 0 Å². The van der Waals surface area contributed by atoms with Crippen molar-refractivity contribution < 1.29 is 33.6 Å². The second kappa shape index (κ2) is 11.2. The minimum absolute atomic E-state index is 0.0610. The number of likely N-dealkylation sites (tertiary alicyclic amines) is 1. The number of Topliss-reactive ketones (excluding diaryl/α,β-unsaturated/α-hetero) is 1. The highest BCUT2D eigenvalue weighted by atomic mass is 16.6. The van der Waals surface area contributed by atoms with E-state index < -0.39 is 17.7 Å². The largest absolute Gasteiger partial charge is 0.507 e. The lowest BCUT2D eigenvalue weighted by Gasteiger charge is -2.31. The molecule has 1 N–H and O–H groups in total. The van der Waals surface area contributed by atoms with Gasteiger partial charge in [-0.2, -0.15) is 0 Å². The third-order valence-electron chi connectivity index (χ3n) is 6.79. The molecule has 0 spiro atoms. The third-order valence-corrected chi connectivity index (χ3v) is 6.79. The van der Waals surface area contributed by atoms with E-state index >= 15 is 0 Å². The highest BCUT2D eigenvalue weighted by molar-refractivity contribution is 6.46. The molecule has 0 saturated carbocycles. The van der Waals surface area contributed by atoms with Gasteiger partial charge in [-0.25, -0.2) is 0 Å². The van der Waals surface area contributed by atoms with Crippen LogP contribution in [0.3, 0.4) is 0 Å². The number of rotatable bonds is 8. The zero-order chi connectivity index (χ0) is 25.8. The van der Waals surface area contributed by atoms with Gasteiger partial charge in [-0.15, -0.1) is 0 Å². The van der Waals surface area contributed by atoms with E-state index in [4.69, 9.17) is 18.9 Å². The van der Waals surface area contributed by atoms with Gasteiger partial charge in [0.15, 0.2) is 11.5 Å². The van der Waals surface area contributed by atoms with E-state index in [2.05, 4.69) is 4.90 Å². The minimum Gasteiger partial charge on any atom is -0.507 e. The smallest absolute Gasteiger partial charge is 0.295 e. The van der Waals surface area contributed by atoms with E-state index in [0.29, 0.717) is 68.9 Å². The number of nitrogens with zero attached hydrogens (tertiary/aromatic N) is 2. The van der Waals surface area contributed by atoms with Crippen LogP contribution < -0.4 is 14.2 Å². The Morgan fingerprint density at radius 3 is 2.43 bits per heavy atom. The number of aliphatic hydroxyl groups excluding tert-OH is 1. The van der Waals surface area contributed by atoms with E-state index in [9.17, 15) is 14.7 Å². The third kappa shape index (κ3) is 5.28. The fourth-order valence-electron chi connectivity index (χ4n) is 4.84. The number of hydrogen-bond donors (Lipinski definition) is 1. The van der Waals surface area contributed by atoms with Crippen LogP contribution in [0, 0.1) is 0 Å². The number of morpholine rings is 1. The molecule has 5 rings (SSSR count). The maximum atomic E-state index is 13.3. The molecule has 1 unspecified atom stereocenters. The zero-order valence-electron chi connectivity index (χ0n) is 21.0. The van der Waals surface area contributed by atoms with Crippen molar-refractivity contribution in [2.75, 3.05) is 59.2 Å². The molecular weight excluding hydrogens is 476 g/mol. The average Bonchev–Trinajstić information content (AvgIpc) is 3.20. The minimum atomic E-state index is -0.727. The average molecular weight is 509 g/mol. The van der Waals surface area contributed by atoms with Crippen molar-refractivity contribution >= 4 is 17.4 Å². The van der Waals surface area contributed by atoms with Gasteiger partial charge >= 0.3 is 0 Å². The molecule has 1 atom stereocenters. The number of hydrogen-bond acceptors (Lipinski definition) is 8. The van der Waals surface area contributed by atoms with Crippen LogP contribution >= 0.6 is 0 Å². The number of fused-ring (bicyclic) bond motifs is 1. The van der Waals surface area contributed by atoms with Crippen molar-refractivity contribution in [3.8, 4) is 17.2 Å². The molecule has 3 heterocycles. The van der Waals surface area contributed by atoms with Gasteiger partial charge in [0.05, 0.1) is 31.4 Å². The summed E-state index contributed by atoms with van der Waals surface area (Å²) in [7, 11) is 0. The Hall–Kier alpha value is -3.56. The number of ketones is 1. The lowest BCUT2D eigenvalue weighted by molar-refractivity contribution is -0.140. The summed E-state index contributed by atoms with van der Waals surface area (Å²) in [5.74, 6) is 0.219. The maximum absolute atomic E-state index is 13.3. The van der Waals surface area contributed by atoms with Crippen LogP contribution in [0.25, 0.3) is 5.76 Å². The first-order chi connectivity index (χ1) is 18.1. The Labute approximate surface area is 216 Å². The summed E-state index contributed by atoms with van der Waals surface area (Å²) in [5, 5.41) is 11.4. The van der Waals surface area contributed by atoms with Crippen LogP contribution in [-0.4, -0.2) is 85.8 Å². The van der Waals surface area contributed by atoms with Gasteiger partial charge in [-0.05, 0) is 42.3 Å². The number of aliphatic hydroxyl groups is 1. The van der Waals surface area contributed by atoms with E-state index in [-0.39, 0.29) is 11.3 Å². The molecule has 9 heteroatoms. The van der Waals surface area contributed by atoms with E-state index in [1.807, 2.05) is 31.2 Å². The second-order valence-corrected chi connectivity index (χ2v) is 9.22. The van der Waals surface area contributed by atoms with Gasteiger partial charge in [0.25, 0.3) is 11.7 Å². The molecule has 2 aromatic rings. The number of benzene rings is 2. The fourth-order valence-corrected chi connectivity index (χ4v) is 4.84. The summed E-state index contributed by atoms with van der Waals surface area (Å²) >= 11 is 0. The Morgan fingerprint density at radius 1 is 0.973 bits per heavy atom. The van der Waals surface area contributed by atoms with Crippen LogP contribution in [0.1, 0.15) is 30.5 Å². The standard InChI is InChI=1S/C28H32N2O7/c1-2-13-35-21-6-3-19(4-7-21)25-24(26(31)20-5-8-22-23(18-20)37-17-16-36-22)27(32)28(33)30(25)10-9-29-11-14-34-15-12-29/h3-8,18,25,31H,2,9-17H2,1H3/b26-24-. The highest BCUT2D eigenvalue weighted by Crippen LogP contribution is 2.41. The van der Waals surface area contributed by atoms with Crippen LogP contribution in [0.2, 0.25) is 0 Å². The quantitative estimate of drug-likeness (QED) is 0.330. The molecule has 0 aliphatic carbocycles. The lowest BCUT2D eigenvalue weighted by Crippen LogP contribution is -2.42. The Kier molecular flexibility index (Phi) is 7.62. The lowest BCUT2D eigenvalue weighted by atomic mass is 9.95. The monoisotopic (exact) mass is 508 g/mol. The summed E-state index contributed by atoms with van der Waals surface area (Å²) in [6.45, 7) is 7.27. The molecule has 37 heavy (non-hydrogen) atoms. The van der Waals surface area contributed by atoms with Crippen LogP contribution in [0.4, 0.5) is 0 Å². The molecule has 9 nitrogen and oxygen atoms in total. The van der Waals surface area contributed by atoms with Crippen molar-refractivity contribution in [2.45, 2.75) is 19.4 Å². The number of amides is 1. The first-order valence-corrected chi connectivity index (χ1v) is 12.8. The van der Waals surface area contributed by atoms with Gasteiger partial charge in [-0.3, -0.25) is 14.5 Å². The SMILES string of the molecule is CCCOc1ccc(C2/C(=C(/O)c3ccc4c(c3)OCCO4)C(=O)C(=O)N2CCN2CCOCC2)cc1. The van der Waals surface area contributed by atoms with Gasteiger partial charge in [0, 0.05) is 31.7 Å². The first kappa shape index (κ1) is 25.1. The molecule has 3 aliphatic heterocycles. The predicted octanol–water partition coefficient (Wildman–Crippen LogP) is 3.00. The predicted molar refractivity (Wildman–Crippen MR) is 136 cm³/mol. The fraction of sp³-hybridized carbons (Fsp3) is 0.429. The molecule has 3 aliphatic rings. The summed E-state index contributed by atoms with van der Waals surface area (Å²) in [6, 6.07) is 11.6. The summed E-state index contributed by atoms with van der Waals surface area (Å²) in [4.78, 5) is 30.4. The van der Waals surface area contributed by atoms with Crippen LogP contribution in [0.15, 0.2) is 48.0 Å². The molecule has 2 aromatic carbocycles. The Bertz CT molecular complexity index is 1170. The van der Waals surface area contributed by atoms with E-state index in [1.165, 1.54) is 0 Å². The second-order valence-electron chi connectivity index (χ2n) is 9.22. The molecular formula is C28H32N2O7. The Morgan fingerprint density at radius 2 is 1.70 bits per heavy atom. The number of ether oxygens (including phenoxy) is 4. The topological polar surface area (TPSA) is 97.8 Å². The maximum Gasteiger partial charge on any atom is 0.295 e. The first-order valence-electron chi connectivity index (χ1n) is 12.8. The summed E-state index contributed by atoms with van der Waals surface area (Å²) in [6.07, 6.45) is 0.888. The van der Waals surface area contributed by atoms with Crippen molar-refractivity contribution in [1.29, 1.82) is 0 Å². The molecule has 1 amide bonds. The number of carbonyl (C=O) groups is 2. The summed E-state index contributed by atoms with van der Waals surface area (Å²) < 4.78 is 22.4. The van der Waals surface area contributed by atoms with Gasteiger partial charge < -0.3 is 29.0 Å².